The molecule has 1 aromatic heterocycles. The first-order valence-electron chi connectivity index (χ1n) is 7.69. The van der Waals surface area contributed by atoms with Crippen molar-refractivity contribution in [3.05, 3.63) is 18.0 Å². The molecule has 0 radical (unpaired) electrons. The minimum Gasteiger partial charge on any atom is -0.379 e. The number of ether oxygens (including phenoxy) is 1. The van der Waals surface area contributed by atoms with Gasteiger partial charge in [0, 0.05) is 31.4 Å². The number of nitrogens with one attached hydrogen (secondary N) is 1. The summed E-state index contributed by atoms with van der Waals surface area (Å²) in [5.41, 5.74) is 1.34. The Labute approximate surface area is 122 Å². The van der Waals surface area contributed by atoms with E-state index in [1.54, 1.807) is 0 Å². The molecule has 0 spiro atoms. The van der Waals surface area contributed by atoms with Gasteiger partial charge in [0.05, 0.1) is 24.9 Å². The number of hydrogen-bond donors (Lipinski definition) is 1. The van der Waals surface area contributed by atoms with Crippen LogP contribution in [0.2, 0.25) is 0 Å². The van der Waals surface area contributed by atoms with E-state index in [4.69, 9.17) is 4.74 Å². The van der Waals surface area contributed by atoms with Crippen molar-refractivity contribution in [2.24, 2.45) is 0 Å². The maximum atomic E-state index is 5.51. The predicted molar refractivity (Wildman–Crippen MR) is 80.8 cm³/mol. The fourth-order valence-corrected chi connectivity index (χ4v) is 3.31. The van der Waals surface area contributed by atoms with E-state index in [0.29, 0.717) is 0 Å². The van der Waals surface area contributed by atoms with E-state index in [0.717, 1.165) is 39.3 Å². The summed E-state index contributed by atoms with van der Waals surface area (Å²) >= 11 is 0. The molecule has 0 bridgehead atoms. The predicted octanol–water partition coefficient (Wildman–Crippen LogP) is 1.66. The van der Waals surface area contributed by atoms with Gasteiger partial charge in [-0.05, 0) is 33.4 Å². The van der Waals surface area contributed by atoms with Crippen molar-refractivity contribution in [3.8, 4) is 0 Å². The van der Waals surface area contributed by atoms with Gasteiger partial charge < -0.3 is 10.1 Å². The summed E-state index contributed by atoms with van der Waals surface area (Å²) in [4.78, 5) is 2.56. The van der Waals surface area contributed by atoms with Crippen LogP contribution in [-0.2, 0) is 11.3 Å². The monoisotopic (exact) mass is 280 g/mol. The quantitative estimate of drug-likeness (QED) is 0.860. The van der Waals surface area contributed by atoms with Gasteiger partial charge in [0.25, 0.3) is 0 Å². The zero-order valence-electron chi connectivity index (χ0n) is 13.2. The second-order valence-electron chi connectivity index (χ2n) is 5.60. The third kappa shape index (κ3) is 2.75. The highest BCUT2D eigenvalue weighted by atomic mass is 16.5. The third-order valence-electron chi connectivity index (χ3n) is 4.70. The molecule has 5 nitrogen and oxygen atoms in total. The standard InChI is InChI=1S/C15H28N4O/c1-5-15(3,18-9-11-20-12-10-18)14(16-4)13-7-8-17-19(13)6-2/h7-8,14,16H,5-6,9-12H2,1-4H3. The maximum Gasteiger partial charge on any atom is 0.0673 e. The van der Waals surface area contributed by atoms with Crippen LogP contribution in [-0.4, -0.2) is 53.6 Å². The molecular formula is C15H28N4O. The highest BCUT2D eigenvalue weighted by Crippen LogP contribution is 2.34. The molecule has 0 aliphatic carbocycles. The molecule has 0 saturated carbocycles. The summed E-state index contributed by atoms with van der Waals surface area (Å²) in [6.45, 7) is 11.3. The summed E-state index contributed by atoms with van der Waals surface area (Å²) in [5.74, 6) is 0. The van der Waals surface area contributed by atoms with Crippen molar-refractivity contribution >= 4 is 0 Å². The number of morpholine rings is 1. The summed E-state index contributed by atoms with van der Waals surface area (Å²) < 4.78 is 7.60. The van der Waals surface area contributed by atoms with Crippen LogP contribution >= 0.6 is 0 Å². The third-order valence-corrected chi connectivity index (χ3v) is 4.70. The van der Waals surface area contributed by atoms with Gasteiger partial charge in [-0.2, -0.15) is 5.10 Å². The van der Waals surface area contributed by atoms with Gasteiger partial charge in [0.2, 0.25) is 0 Å². The highest BCUT2D eigenvalue weighted by Gasteiger charge is 2.40. The van der Waals surface area contributed by atoms with E-state index in [1.807, 2.05) is 13.2 Å². The first kappa shape index (κ1) is 15.5. The van der Waals surface area contributed by atoms with Crippen LogP contribution in [0.25, 0.3) is 0 Å². The van der Waals surface area contributed by atoms with E-state index in [-0.39, 0.29) is 11.6 Å². The first-order chi connectivity index (χ1) is 9.67. The van der Waals surface area contributed by atoms with E-state index in [9.17, 15) is 0 Å². The SMILES string of the molecule is CCn1nccc1C(NC)C(C)(CC)N1CCOCC1. The van der Waals surface area contributed by atoms with Gasteiger partial charge in [0.1, 0.15) is 0 Å². The van der Waals surface area contributed by atoms with Gasteiger partial charge in [-0.25, -0.2) is 0 Å². The molecule has 20 heavy (non-hydrogen) atoms. The number of aromatic nitrogens is 2. The second kappa shape index (κ2) is 6.70. The van der Waals surface area contributed by atoms with Crippen LogP contribution in [0.15, 0.2) is 12.3 Å². The van der Waals surface area contributed by atoms with Crippen LogP contribution in [0.5, 0.6) is 0 Å². The highest BCUT2D eigenvalue weighted by molar-refractivity contribution is 5.15. The Bertz CT molecular complexity index is 414. The summed E-state index contributed by atoms with van der Waals surface area (Å²) in [6.07, 6.45) is 2.99. The topological polar surface area (TPSA) is 42.3 Å². The minimum absolute atomic E-state index is 0.0749. The first-order valence-corrected chi connectivity index (χ1v) is 7.69. The molecule has 5 heteroatoms. The van der Waals surface area contributed by atoms with Crippen molar-refractivity contribution in [1.82, 2.24) is 20.0 Å². The second-order valence-corrected chi connectivity index (χ2v) is 5.60. The Morgan fingerprint density at radius 2 is 2.10 bits per heavy atom. The fourth-order valence-electron chi connectivity index (χ4n) is 3.31. The van der Waals surface area contributed by atoms with Crippen molar-refractivity contribution < 1.29 is 4.74 Å². The number of rotatable bonds is 6. The molecule has 2 heterocycles. The molecule has 1 fully saturated rings. The van der Waals surface area contributed by atoms with Gasteiger partial charge in [-0.1, -0.05) is 6.92 Å². The number of nitrogens with zero attached hydrogens (tertiary/aromatic N) is 3. The van der Waals surface area contributed by atoms with Gasteiger partial charge in [-0.3, -0.25) is 9.58 Å². The lowest BCUT2D eigenvalue weighted by Gasteiger charge is -2.47. The largest absolute Gasteiger partial charge is 0.379 e. The molecular weight excluding hydrogens is 252 g/mol. The average molecular weight is 280 g/mol. The van der Waals surface area contributed by atoms with Crippen LogP contribution in [0.4, 0.5) is 0 Å². The Hall–Kier alpha value is -0.910. The van der Waals surface area contributed by atoms with E-state index in [2.05, 4.69) is 46.8 Å². The lowest BCUT2D eigenvalue weighted by atomic mass is 9.84. The van der Waals surface area contributed by atoms with Crippen molar-refractivity contribution in [2.45, 2.75) is 45.3 Å². The van der Waals surface area contributed by atoms with E-state index < -0.39 is 0 Å². The van der Waals surface area contributed by atoms with Crippen LogP contribution < -0.4 is 5.32 Å². The number of hydrogen-bond acceptors (Lipinski definition) is 4. The zero-order chi connectivity index (χ0) is 14.6. The fraction of sp³-hybridized carbons (Fsp3) is 0.800. The molecule has 2 rings (SSSR count). The zero-order valence-corrected chi connectivity index (χ0v) is 13.2. The smallest absolute Gasteiger partial charge is 0.0673 e. The Kier molecular flexibility index (Phi) is 5.18. The molecule has 1 aliphatic heterocycles. The Morgan fingerprint density at radius 3 is 2.65 bits per heavy atom. The van der Waals surface area contributed by atoms with Crippen LogP contribution in [0.3, 0.4) is 0 Å². The Morgan fingerprint density at radius 1 is 1.40 bits per heavy atom. The molecule has 2 atom stereocenters. The van der Waals surface area contributed by atoms with Crippen LogP contribution in [0, 0.1) is 0 Å². The number of aryl methyl sites for hydroxylation is 1. The van der Waals surface area contributed by atoms with Gasteiger partial charge >= 0.3 is 0 Å². The average Bonchev–Trinajstić information content (AvgIpc) is 2.97. The lowest BCUT2D eigenvalue weighted by Crippen LogP contribution is -2.57. The van der Waals surface area contributed by atoms with E-state index in [1.165, 1.54) is 5.69 Å². The molecule has 0 amide bonds. The van der Waals surface area contributed by atoms with Gasteiger partial charge in [0.15, 0.2) is 0 Å². The van der Waals surface area contributed by atoms with Crippen molar-refractivity contribution in [1.29, 1.82) is 0 Å². The van der Waals surface area contributed by atoms with E-state index >= 15 is 0 Å². The molecule has 1 aromatic rings. The molecule has 114 valence electrons. The van der Waals surface area contributed by atoms with Crippen molar-refractivity contribution in [2.75, 3.05) is 33.4 Å². The molecule has 2 unspecified atom stereocenters. The maximum absolute atomic E-state index is 5.51. The molecule has 0 aromatic carbocycles. The normalized spacial score (nSPS) is 21.6. The molecule has 1 saturated heterocycles. The number of likely N-dealkylation sites (N-methyl/N-ethyl adjacent to an activating group) is 1. The van der Waals surface area contributed by atoms with Crippen molar-refractivity contribution in [3.63, 3.8) is 0 Å². The van der Waals surface area contributed by atoms with Crippen LogP contribution in [0.1, 0.15) is 38.9 Å². The van der Waals surface area contributed by atoms with Gasteiger partial charge in [-0.15, -0.1) is 0 Å². The summed E-state index contributed by atoms with van der Waals surface area (Å²) in [7, 11) is 2.05. The Balaban J connectivity index is 2.30. The molecule has 1 N–H and O–H groups in total. The summed E-state index contributed by atoms with van der Waals surface area (Å²) in [5, 5.41) is 7.95. The molecule has 1 aliphatic rings. The lowest BCUT2D eigenvalue weighted by molar-refractivity contribution is -0.0330. The minimum atomic E-state index is 0.0749. The summed E-state index contributed by atoms with van der Waals surface area (Å²) in [6, 6.07) is 2.41.